The summed E-state index contributed by atoms with van der Waals surface area (Å²) in [5.74, 6) is 1.05. The molecule has 4 rings (SSSR count). The van der Waals surface area contributed by atoms with E-state index in [2.05, 4.69) is 17.4 Å². The second kappa shape index (κ2) is 10.9. The molecule has 0 spiro atoms. The van der Waals surface area contributed by atoms with E-state index < -0.39 is 0 Å². The van der Waals surface area contributed by atoms with E-state index in [1.54, 1.807) is 19.2 Å². The molecule has 0 aliphatic carbocycles. The fourth-order valence-electron chi connectivity index (χ4n) is 3.93. The predicted molar refractivity (Wildman–Crippen MR) is 131 cm³/mol. The first kappa shape index (κ1) is 24.0. The molecule has 182 valence electrons. The minimum Gasteiger partial charge on any atom is -0.493 e. The Kier molecular flexibility index (Phi) is 7.45. The third kappa shape index (κ3) is 5.51. The van der Waals surface area contributed by atoms with E-state index in [-0.39, 0.29) is 23.5 Å². The molecule has 9 nitrogen and oxygen atoms in total. The summed E-state index contributed by atoms with van der Waals surface area (Å²) in [5, 5.41) is 12.5. The van der Waals surface area contributed by atoms with Gasteiger partial charge in [-0.3, -0.25) is 9.59 Å². The minimum atomic E-state index is -0.382. The Balaban J connectivity index is 1.53. The van der Waals surface area contributed by atoms with Crippen molar-refractivity contribution in [3.05, 3.63) is 71.6 Å². The zero-order chi connectivity index (χ0) is 24.8. The van der Waals surface area contributed by atoms with Crippen molar-refractivity contribution >= 4 is 23.2 Å². The fourth-order valence-corrected chi connectivity index (χ4v) is 3.93. The largest absolute Gasteiger partial charge is 0.493 e. The standard InChI is InChI=1S/C26H28N4O5/c1-4-18-15-24(31)30(29-25(18)19-8-11-21(33-3)23(14-19)34-5-2)16-17-6-9-20(10-7-17)28-26(32)22-12-13-27-35-22/h6-14,18H,4-5,15-16H2,1-3H3,(H,28,32). The smallest absolute Gasteiger partial charge is 0.294 e. The van der Waals surface area contributed by atoms with Crippen molar-refractivity contribution in [3.63, 3.8) is 0 Å². The van der Waals surface area contributed by atoms with Crippen LogP contribution in [-0.2, 0) is 11.3 Å². The number of carbonyl (C=O) groups is 2. The molecule has 9 heteroatoms. The normalized spacial score (nSPS) is 15.5. The highest BCUT2D eigenvalue weighted by atomic mass is 16.5. The molecule has 1 atom stereocenters. The summed E-state index contributed by atoms with van der Waals surface area (Å²) in [7, 11) is 1.61. The molecule has 35 heavy (non-hydrogen) atoms. The number of methoxy groups -OCH3 is 1. The number of benzene rings is 2. The van der Waals surface area contributed by atoms with Crippen LogP contribution in [0.25, 0.3) is 0 Å². The third-order valence-corrected chi connectivity index (χ3v) is 5.78. The van der Waals surface area contributed by atoms with Gasteiger partial charge in [-0.25, -0.2) is 5.01 Å². The number of hydrogen-bond acceptors (Lipinski definition) is 7. The maximum Gasteiger partial charge on any atom is 0.294 e. The molecule has 0 bridgehead atoms. The average molecular weight is 477 g/mol. The van der Waals surface area contributed by atoms with Gasteiger partial charge < -0.3 is 19.3 Å². The van der Waals surface area contributed by atoms with E-state index in [4.69, 9.17) is 19.1 Å². The first-order valence-electron chi connectivity index (χ1n) is 11.5. The molecule has 2 amide bonds. The lowest BCUT2D eigenvalue weighted by atomic mass is 9.89. The highest BCUT2D eigenvalue weighted by Gasteiger charge is 2.29. The molecule has 3 aromatic rings. The molecule has 1 N–H and O–H groups in total. The first-order valence-corrected chi connectivity index (χ1v) is 11.5. The zero-order valence-corrected chi connectivity index (χ0v) is 20.0. The summed E-state index contributed by atoms with van der Waals surface area (Å²) < 4.78 is 16.0. The van der Waals surface area contributed by atoms with Gasteiger partial charge in [0.1, 0.15) is 0 Å². The summed E-state index contributed by atoms with van der Waals surface area (Å²) in [6.45, 7) is 4.82. The number of aromatic nitrogens is 1. The number of hydrogen-bond donors (Lipinski definition) is 1. The molecule has 1 aliphatic heterocycles. The van der Waals surface area contributed by atoms with Crippen LogP contribution in [-0.4, -0.2) is 41.4 Å². The van der Waals surface area contributed by atoms with Crippen LogP contribution in [0.4, 0.5) is 5.69 Å². The van der Waals surface area contributed by atoms with Gasteiger partial charge in [0.15, 0.2) is 11.5 Å². The number of nitrogens with zero attached hydrogens (tertiary/aromatic N) is 3. The Morgan fingerprint density at radius 2 is 1.94 bits per heavy atom. The number of amides is 2. The van der Waals surface area contributed by atoms with Gasteiger partial charge in [0, 0.05) is 29.7 Å². The van der Waals surface area contributed by atoms with Gasteiger partial charge >= 0.3 is 0 Å². The van der Waals surface area contributed by atoms with E-state index >= 15 is 0 Å². The Morgan fingerprint density at radius 1 is 1.14 bits per heavy atom. The Labute approximate surface area is 203 Å². The molecule has 1 aromatic heterocycles. The molecule has 0 saturated heterocycles. The van der Waals surface area contributed by atoms with E-state index in [1.807, 2.05) is 37.3 Å². The maximum atomic E-state index is 12.9. The summed E-state index contributed by atoms with van der Waals surface area (Å²) in [5.41, 5.74) is 3.26. The van der Waals surface area contributed by atoms with Crippen molar-refractivity contribution < 1.29 is 23.6 Å². The number of nitrogens with one attached hydrogen (secondary N) is 1. The van der Waals surface area contributed by atoms with Gasteiger partial charge in [-0.2, -0.15) is 5.10 Å². The van der Waals surface area contributed by atoms with Crippen molar-refractivity contribution in [1.29, 1.82) is 0 Å². The number of rotatable bonds is 9. The zero-order valence-electron chi connectivity index (χ0n) is 20.0. The second-order valence-corrected chi connectivity index (χ2v) is 8.07. The number of hydrazone groups is 1. The molecule has 2 heterocycles. The van der Waals surface area contributed by atoms with Gasteiger partial charge in [-0.05, 0) is 49.2 Å². The Bertz CT molecular complexity index is 1200. The SMILES string of the molecule is CCOc1cc(C2=NN(Cc3ccc(NC(=O)c4ccno4)cc3)C(=O)CC2CC)ccc1OC. The van der Waals surface area contributed by atoms with Crippen molar-refractivity contribution in [2.45, 2.75) is 33.2 Å². The van der Waals surface area contributed by atoms with Gasteiger partial charge in [0.2, 0.25) is 11.7 Å². The first-order chi connectivity index (χ1) is 17.0. The van der Waals surface area contributed by atoms with E-state index in [0.717, 1.165) is 23.3 Å². The van der Waals surface area contributed by atoms with Crippen molar-refractivity contribution in [2.75, 3.05) is 19.0 Å². The molecule has 0 saturated carbocycles. The fraction of sp³-hybridized carbons (Fsp3) is 0.308. The van der Waals surface area contributed by atoms with Gasteiger partial charge in [-0.1, -0.05) is 24.2 Å². The molecule has 1 aliphatic rings. The lowest BCUT2D eigenvalue weighted by Crippen LogP contribution is -2.36. The lowest BCUT2D eigenvalue weighted by Gasteiger charge is -2.29. The van der Waals surface area contributed by atoms with Crippen LogP contribution in [0.2, 0.25) is 0 Å². The summed E-state index contributed by atoms with van der Waals surface area (Å²) in [6.07, 6.45) is 2.60. The van der Waals surface area contributed by atoms with Crippen molar-refractivity contribution in [2.24, 2.45) is 11.0 Å². The molecule has 1 unspecified atom stereocenters. The van der Waals surface area contributed by atoms with Crippen LogP contribution in [0.3, 0.4) is 0 Å². The summed E-state index contributed by atoms with van der Waals surface area (Å²) >= 11 is 0. The van der Waals surface area contributed by atoms with Gasteiger partial charge in [0.25, 0.3) is 5.91 Å². The van der Waals surface area contributed by atoms with Crippen LogP contribution in [0.5, 0.6) is 11.5 Å². The Morgan fingerprint density at radius 3 is 2.60 bits per heavy atom. The van der Waals surface area contributed by atoms with E-state index in [0.29, 0.717) is 36.8 Å². The minimum absolute atomic E-state index is 0.0234. The maximum absolute atomic E-state index is 12.9. The molecular weight excluding hydrogens is 448 g/mol. The highest BCUT2D eigenvalue weighted by molar-refractivity contribution is 6.06. The third-order valence-electron chi connectivity index (χ3n) is 5.78. The van der Waals surface area contributed by atoms with Crippen molar-refractivity contribution in [1.82, 2.24) is 10.2 Å². The molecule has 0 fully saturated rings. The average Bonchev–Trinajstić information content (AvgIpc) is 3.42. The number of ether oxygens (including phenoxy) is 2. The number of carbonyl (C=O) groups excluding carboxylic acids is 2. The molecule has 2 aromatic carbocycles. The van der Waals surface area contributed by atoms with E-state index in [1.165, 1.54) is 17.3 Å². The summed E-state index contributed by atoms with van der Waals surface area (Å²) in [6, 6.07) is 14.5. The van der Waals surface area contributed by atoms with Crippen LogP contribution in [0, 0.1) is 5.92 Å². The van der Waals surface area contributed by atoms with Crippen LogP contribution < -0.4 is 14.8 Å². The highest BCUT2D eigenvalue weighted by Crippen LogP contribution is 2.32. The van der Waals surface area contributed by atoms with Gasteiger partial charge in [0.05, 0.1) is 32.2 Å². The second-order valence-electron chi connectivity index (χ2n) is 8.07. The van der Waals surface area contributed by atoms with Gasteiger partial charge in [-0.15, -0.1) is 0 Å². The monoisotopic (exact) mass is 476 g/mol. The lowest BCUT2D eigenvalue weighted by molar-refractivity contribution is -0.133. The quantitative estimate of drug-likeness (QED) is 0.488. The van der Waals surface area contributed by atoms with Crippen LogP contribution >= 0.6 is 0 Å². The van der Waals surface area contributed by atoms with Crippen LogP contribution in [0.15, 0.2) is 64.4 Å². The molecular formula is C26H28N4O5. The van der Waals surface area contributed by atoms with Crippen LogP contribution in [0.1, 0.15) is 48.4 Å². The molecule has 0 radical (unpaired) electrons. The predicted octanol–water partition coefficient (Wildman–Crippen LogP) is 4.50. The number of anilines is 1. The van der Waals surface area contributed by atoms with Crippen molar-refractivity contribution in [3.8, 4) is 11.5 Å². The Hall–Kier alpha value is -4.14. The summed E-state index contributed by atoms with van der Waals surface area (Å²) in [4.78, 5) is 25.0. The topological polar surface area (TPSA) is 106 Å². The van der Waals surface area contributed by atoms with E-state index in [9.17, 15) is 9.59 Å².